The molecule has 0 bridgehead atoms. The summed E-state index contributed by atoms with van der Waals surface area (Å²) in [6.07, 6.45) is 4.62. The van der Waals surface area contributed by atoms with Gasteiger partial charge >= 0.3 is 0 Å². The van der Waals surface area contributed by atoms with Crippen LogP contribution in [0.1, 0.15) is 15.9 Å². The second-order valence-electron chi connectivity index (χ2n) is 4.46. The van der Waals surface area contributed by atoms with Crippen molar-refractivity contribution in [2.24, 2.45) is 0 Å². The molecule has 22 heavy (non-hydrogen) atoms. The van der Waals surface area contributed by atoms with Gasteiger partial charge in [-0.25, -0.2) is 9.07 Å². The molecule has 0 radical (unpaired) electrons. The van der Waals surface area contributed by atoms with E-state index in [0.717, 1.165) is 5.56 Å². The van der Waals surface area contributed by atoms with Gasteiger partial charge in [-0.1, -0.05) is 0 Å². The fourth-order valence-corrected chi connectivity index (χ4v) is 1.89. The van der Waals surface area contributed by atoms with Crippen molar-refractivity contribution in [2.45, 2.75) is 6.54 Å². The summed E-state index contributed by atoms with van der Waals surface area (Å²) in [6.45, 7) is 0.288. The first-order valence-electron chi connectivity index (χ1n) is 6.44. The maximum Gasteiger partial charge on any atom is 0.254 e. The van der Waals surface area contributed by atoms with Crippen LogP contribution in [0.3, 0.4) is 0 Å². The summed E-state index contributed by atoms with van der Waals surface area (Å²) in [7, 11) is 0. The molecule has 110 valence electrons. The van der Waals surface area contributed by atoms with Gasteiger partial charge in [0.2, 0.25) is 0 Å². The van der Waals surface area contributed by atoms with E-state index in [-0.39, 0.29) is 12.1 Å². The molecule has 1 amide bonds. The smallest absolute Gasteiger partial charge is 0.254 e. The number of benzene rings is 1. The van der Waals surface area contributed by atoms with Crippen molar-refractivity contribution in [3.8, 4) is 5.69 Å². The maximum atomic E-state index is 13.9. The average molecular weight is 298 g/mol. The van der Waals surface area contributed by atoms with E-state index in [1.807, 2.05) is 0 Å². The molecule has 1 aromatic carbocycles. The van der Waals surface area contributed by atoms with Gasteiger partial charge in [0.05, 0.1) is 11.3 Å². The summed E-state index contributed by atoms with van der Waals surface area (Å²) >= 11 is 0. The van der Waals surface area contributed by atoms with Crippen molar-refractivity contribution in [1.82, 2.24) is 30.5 Å². The molecule has 0 unspecified atom stereocenters. The van der Waals surface area contributed by atoms with E-state index in [9.17, 15) is 9.18 Å². The fraction of sp³-hybridized carbons (Fsp3) is 0.0714. The van der Waals surface area contributed by atoms with Gasteiger partial charge in [-0.15, -0.1) is 5.10 Å². The van der Waals surface area contributed by atoms with E-state index in [1.165, 1.54) is 29.2 Å². The van der Waals surface area contributed by atoms with Crippen molar-refractivity contribution >= 4 is 5.91 Å². The molecular formula is C14H11FN6O. The van der Waals surface area contributed by atoms with Crippen LogP contribution in [0.5, 0.6) is 0 Å². The first kappa shape index (κ1) is 13.8. The molecule has 2 heterocycles. The second kappa shape index (κ2) is 6.08. The highest BCUT2D eigenvalue weighted by Crippen LogP contribution is 2.13. The van der Waals surface area contributed by atoms with Crippen molar-refractivity contribution < 1.29 is 9.18 Å². The van der Waals surface area contributed by atoms with E-state index >= 15 is 0 Å². The third-order valence-electron chi connectivity index (χ3n) is 3.01. The summed E-state index contributed by atoms with van der Waals surface area (Å²) in [5.41, 5.74) is 1.31. The first-order valence-corrected chi connectivity index (χ1v) is 6.44. The van der Waals surface area contributed by atoms with Gasteiger partial charge in [-0.3, -0.25) is 9.78 Å². The Hall–Kier alpha value is -3.16. The monoisotopic (exact) mass is 298 g/mol. The van der Waals surface area contributed by atoms with Crippen LogP contribution >= 0.6 is 0 Å². The Labute approximate surface area is 124 Å². The number of carbonyl (C=O) groups is 1. The largest absolute Gasteiger partial charge is 0.348 e. The van der Waals surface area contributed by atoms with Crippen LogP contribution in [0.2, 0.25) is 0 Å². The lowest BCUT2D eigenvalue weighted by molar-refractivity contribution is 0.0947. The number of carbonyl (C=O) groups excluding carboxylic acids is 1. The Morgan fingerprint density at radius 1 is 1.23 bits per heavy atom. The van der Waals surface area contributed by atoms with Crippen LogP contribution < -0.4 is 5.32 Å². The van der Waals surface area contributed by atoms with Crippen LogP contribution in [0.15, 0.2) is 49.1 Å². The number of hydrogen-bond acceptors (Lipinski definition) is 5. The van der Waals surface area contributed by atoms with E-state index in [4.69, 9.17) is 0 Å². The average Bonchev–Trinajstić information content (AvgIpc) is 3.08. The van der Waals surface area contributed by atoms with Crippen molar-refractivity contribution in [1.29, 1.82) is 0 Å². The molecular weight excluding hydrogens is 287 g/mol. The molecule has 3 rings (SSSR count). The molecule has 0 aliphatic heterocycles. The summed E-state index contributed by atoms with van der Waals surface area (Å²) in [6, 6.07) is 7.64. The molecule has 0 fully saturated rings. The normalized spacial score (nSPS) is 10.4. The van der Waals surface area contributed by atoms with E-state index in [2.05, 4.69) is 25.8 Å². The molecule has 1 N–H and O–H groups in total. The number of nitrogens with one attached hydrogen (secondary N) is 1. The molecule has 0 saturated carbocycles. The lowest BCUT2D eigenvalue weighted by Crippen LogP contribution is -2.24. The number of halogens is 1. The summed E-state index contributed by atoms with van der Waals surface area (Å²) in [5, 5.41) is 13.4. The fourth-order valence-electron chi connectivity index (χ4n) is 1.89. The zero-order valence-electron chi connectivity index (χ0n) is 11.3. The molecule has 0 spiro atoms. The van der Waals surface area contributed by atoms with Crippen LogP contribution in [0.25, 0.3) is 5.69 Å². The Morgan fingerprint density at radius 3 is 2.77 bits per heavy atom. The molecule has 0 atom stereocenters. The minimum Gasteiger partial charge on any atom is -0.348 e. The van der Waals surface area contributed by atoms with E-state index in [1.54, 1.807) is 24.5 Å². The minimum atomic E-state index is -0.607. The highest BCUT2D eigenvalue weighted by Gasteiger charge is 2.13. The lowest BCUT2D eigenvalue weighted by Gasteiger charge is -2.08. The predicted octanol–water partition coefficient (Wildman–Crippen LogP) is 1.13. The number of pyridine rings is 1. The van der Waals surface area contributed by atoms with Crippen LogP contribution in [0.4, 0.5) is 4.39 Å². The second-order valence-corrected chi connectivity index (χ2v) is 4.46. The van der Waals surface area contributed by atoms with E-state index < -0.39 is 11.7 Å². The minimum absolute atomic E-state index is 0.0675. The summed E-state index contributed by atoms with van der Waals surface area (Å²) in [5.74, 6) is -1.12. The van der Waals surface area contributed by atoms with Gasteiger partial charge < -0.3 is 5.32 Å². The highest BCUT2D eigenvalue weighted by molar-refractivity contribution is 5.95. The van der Waals surface area contributed by atoms with Gasteiger partial charge in [-0.05, 0) is 46.3 Å². The molecule has 7 nitrogen and oxygen atoms in total. The van der Waals surface area contributed by atoms with Crippen molar-refractivity contribution in [3.05, 3.63) is 66.0 Å². The SMILES string of the molecule is O=C(NCc1ccncc1)c1cc(-n2cnnn2)ccc1F. The number of tetrazole rings is 1. The van der Waals surface area contributed by atoms with Gasteiger partial charge in [0.15, 0.2) is 0 Å². The lowest BCUT2D eigenvalue weighted by atomic mass is 10.1. The Bertz CT molecular complexity index is 775. The number of rotatable bonds is 4. The van der Waals surface area contributed by atoms with E-state index in [0.29, 0.717) is 5.69 Å². The van der Waals surface area contributed by atoms with Crippen LogP contribution in [-0.4, -0.2) is 31.1 Å². The van der Waals surface area contributed by atoms with Gasteiger partial charge in [0.25, 0.3) is 5.91 Å². The Kier molecular flexibility index (Phi) is 3.82. The quantitative estimate of drug-likeness (QED) is 0.780. The molecule has 0 saturated heterocycles. The molecule has 8 heteroatoms. The van der Waals surface area contributed by atoms with Gasteiger partial charge in [0.1, 0.15) is 12.1 Å². The van der Waals surface area contributed by atoms with Crippen LogP contribution in [0, 0.1) is 5.82 Å². The summed E-state index contributed by atoms with van der Waals surface area (Å²) < 4.78 is 15.2. The number of nitrogens with zero attached hydrogens (tertiary/aromatic N) is 5. The zero-order valence-corrected chi connectivity index (χ0v) is 11.3. The van der Waals surface area contributed by atoms with Crippen molar-refractivity contribution in [3.63, 3.8) is 0 Å². The molecule has 0 aliphatic rings. The zero-order chi connectivity index (χ0) is 15.4. The highest BCUT2D eigenvalue weighted by atomic mass is 19.1. The maximum absolute atomic E-state index is 13.9. The topological polar surface area (TPSA) is 85.6 Å². The predicted molar refractivity (Wildman–Crippen MR) is 74.5 cm³/mol. The third-order valence-corrected chi connectivity index (χ3v) is 3.01. The molecule has 0 aliphatic carbocycles. The summed E-state index contributed by atoms with van der Waals surface area (Å²) in [4.78, 5) is 16.0. The molecule has 3 aromatic rings. The van der Waals surface area contributed by atoms with Gasteiger partial charge in [0, 0.05) is 18.9 Å². The first-order chi connectivity index (χ1) is 10.7. The third kappa shape index (κ3) is 2.95. The Morgan fingerprint density at radius 2 is 2.05 bits per heavy atom. The van der Waals surface area contributed by atoms with Crippen LogP contribution in [-0.2, 0) is 6.54 Å². The Balaban J connectivity index is 1.78. The standard InChI is InChI=1S/C14H11FN6O/c15-13-2-1-11(21-9-18-19-20-21)7-12(13)14(22)17-8-10-3-5-16-6-4-10/h1-7,9H,8H2,(H,17,22). The number of aromatic nitrogens is 5. The molecule has 2 aromatic heterocycles. The number of hydrogen-bond donors (Lipinski definition) is 1. The number of amides is 1. The van der Waals surface area contributed by atoms with Gasteiger partial charge in [-0.2, -0.15) is 0 Å². The van der Waals surface area contributed by atoms with Crippen molar-refractivity contribution in [2.75, 3.05) is 0 Å².